The minimum atomic E-state index is -4.25. The van der Waals surface area contributed by atoms with Gasteiger partial charge < -0.3 is 4.74 Å². The molecule has 0 radical (unpaired) electrons. The largest absolute Gasteiger partial charge is 0.477 e. The van der Waals surface area contributed by atoms with E-state index in [9.17, 15) is 13.2 Å². The molecule has 2 heterocycles. The van der Waals surface area contributed by atoms with Crippen molar-refractivity contribution in [2.24, 2.45) is 0 Å². The van der Waals surface area contributed by atoms with Crippen LogP contribution in [0.25, 0.3) is 10.2 Å². The van der Waals surface area contributed by atoms with Crippen molar-refractivity contribution < 1.29 is 17.9 Å². The number of halogens is 4. The maximum atomic E-state index is 12.1. The monoisotopic (exact) mass is 310 g/mol. The second-order valence-electron chi connectivity index (χ2n) is 3.80. The first-order chi connectivity index (χ1) is 8.89. The highest BCUT2D eigenvalue weighted by atomic mass is 35.5. The Hall–Kier alpha value is -1.08. The summed E-state index contributed by atoms with van der Waals surface area (Å²) in [5, 5.41) is 0.576. The Morgan fingerprint density at radius 1 is 1.37 bits per heavy atom. The molecule has 0 aliphatic carbocycles. The second kappa shape index (κ2) is 5.50. The summed E-state index contributed by atoms with van der Waals surface area (Å²) in [7, 11) is 0. The lowest BCUT2D eigenvalue weighted by Crippen LogP contribution is -2.13. The first-order valence-corrected chi connectivity index (χ1v) is 6.74. The molecule has 0 bridgehead atoms. The van der Waals surface area contributed by atoms with Crippen LogP contribution in [0.3, 0.4) is 0 Å². The van der Waals surface area contributed by atoms with Gasteiger partial charge in [0.15, 0.2) is 0 Å². The van der Waals surface area contributed by atoms with Crippen molar-refractivity contribution in [3.05, 3.63) is 16.2 Å². The van der Waals surface area contributed by atoms with Gasteiger partial charge in [0.1, 0.15) is 4.83 Å². The summed E-state index contributed by atoms with van der Waals surface area (Å²) >= 11 is 7.15. The van der Waals surface area contributed by atoms with Crippen LogP contribution in [0, 0.1) is 0 Å². The smallest absolute Gasteiger partial charge is 0.392 e. The third-order valence-corrected chi connectivity index (χ3v) is 3.70. The summed E-state index contributed by atoms with van der Waals surface area (Å²) in [4.78, 5) is 9.54. The van der Waals surface area contributed by atoms with Crippen molar-refractivity contribution >= 4 is 33.2 Å². The molecule has 0 saturated heterocycles. The highest BCUT2D eigenvalue weighted by molar-refractivity contribution is 7.18. The fourth-order valence-electron chi connectivity index (χ4n) is 1.47. The number of nitrogens with zero attached hydrogens (tertiary/aromatic N) is 2. The highest BCUT2D eigenvalue weighted by Crippen LogP contribution is 2.32. The third kappa shape index (κ3) is 3.70. The van der Waals surface area contributed by atoms with Crippen molar-refractivity contribution in [1.82, 2.24) is 9.97 Å². The van der Waals surface area contributed by atoms with Gasteiger partial charge in [-0.1, -0.05) is 6.92 Å². The number of hydrogen-bond donors (Lipinski definition) is 0. The van der Waals surface area contributed by atoms with Crippen molar-refractivity contribution in [1.29, 1.82) is 0 Å². The Bertz CT molecular complexity index is 585. The van der Waals surface area contributed by atoms with Crippen LogP contribution < -0.4 is 4.74 Å². The quantitative estimate of drug-likeness (QED) is 0.792. The van der Waals surface area contributed by atoms with E-state index in [4.69, 9.17) is 16.3 Å². The van der Waals surface area contributed by atoms with Gasteiger partial charge in [0.05, 0.1) is 18.4 Å². The summed E-state index contributed by atoms with van der Waals surface area (Å²) in [6, 6.07) is 1.82. The second-order valence-corrected chi connectivity index (χ2v) is 5.25. The van der Waals surface area contributed by atoms with Crippen LogP contribution in [0.4, 0.5) is 13.2 Å². The van der Waals surface area contributed by atoms with Crippen LogP contribution in [0.15, 0.2) is 6.07 Å². The molecule has 2 aromatic heterocycles. The molecule has 0 atom stereocenters. The topological polar surface area (TPSA) is 35.0 Å². The standard InChI is InChI=1S/C11H10ClF3N2OS/c1-2-6-5-7-8(18-4-3-11(13,14)15)16-10(12)17-9(7)19-6/h5H,2-4H2,1H3. The Balaban J connectivity index is 2.23. The highest BCUT2D eigenvalue weighted by Gasteiger charge is 2.27. The van der Waals surface area contributed by atoms with E-state index in [2.05, 4.69) is 9.97 Å². The van der Waals surface area contributed by atoms with E-state index in [-0.39, 0.29) is 11.2 Å². The lowest BCUT2D eigenvalue weighted by Gasteiger charge is -2.08. The normalized spacial score (nSPS) is 12.1. The molecule has 8 heteroatoms. The molecular weight excluding hydrogens is 301 g/mol. The Labute approximate surface area is 116 Å². The first kappa shape index (κ1) is 14.3. The van der Waals surface area contributed by atoms with Crippen molar-refractivity contribution in [2.45, 2.75) is 25.9 Å². The van der Waals surface area contributed by atoms with Crippen LogP contribution in [0.2, 0.25) is 5.28 Å². The molecule has 0 unspecified atom stereocenters. The molecule has 0 N–H and O–H groups in total. The van der Waals surface area contributed by atoms with Gasteiger partial charge in [0.2, 0.25) is 11.2 Å². The van der Waals surface area contributed by atoms with Gasteiger partial charge in [-0.3, -0.25) is 0 Å². The zero-order valence-corrected chi connectivity index (χ0v) is 11.5. The lowest BCUT2D eigenvalue weighted by molar-refractivity contribution is -0.139. The van der Waals surface area contributed by atoms with Crippen LogP contribution in [-0.4, -0.2) is 22.8 Å². The molecule has 0 aliphatic heterocycles. The van der Waals surface area contributed by atoms with Crippen LogP contribution in [-0.2, 0) is 6.42 Å². The average molecular weight is 311 g/mol. The Morgan fingerprint density at radius 3 is 2.74 bits per heavy atom. The summed E-state index contributed by atoms with van der Waals surface area (Å²) in [5.74, 6) is 0.107. The summed E-state index contributed by atoms with van der Waals surface area (Å²) < 4.78 is 41.3. The fraction of sp³-hybridized carbons (Fsp3) is 0.455. The molecule has 104 valence electrons. The molecule has 0 aromatic carbocycles. The molecule has 0 fully saturated rings. The van der Waals surface area contributed by atoms with E-state index in [1.54, 1.807) is 0 Å². The van der Waals surface area contributed by atoms with E-state index in [1.165, 1.54) is 11.3 Å². The van der Waals surface area contributed by atoms with E-state index in [1.807, 2.05) is 13.0 Å². The molecule has 0 spiro atoms. The predicted octanol–water partition coefficient (Wildman–Crippen LogP) is 4.24. The molecule has 0 amide bonds. The number of aryl methyl sites for hydroxylation is 1. The van der Waals surface area contributed by atoms with Gasteiger partial charge in [-0.15, -0.1) is 11.3 Å². The van der Waals surface area contributed by atoms with E-state index >= 15 is 0 Å². The minimum absolute atomic E-state index is 0.0287. The van der Waals surface area contributed by atoms with E-state index in [0.717, 1.165) is 11.3 Å². The maximum absolute atomic E-state index is 12.1. The first-order valence-electron chi connectivity index (χ1n) is 5.54. The molecule has 0 saturated carbocycles. The van der Waals surface area contributed by atoms with Gasteiger partial charge in [0, 0.05) is 4.88 Å². The average Bonchev–Trinajstić information content (AvgIpc) is 2.70. The molecule has 2 aromatic rings. The zero-order chi connectivity index (χ0) is 14.0. The van der Waals surface area contributed by atoms with Crippen LogP contribution in [0.5, 0.6) is 5.88 Å². The number of hydrogen-bond acceptors (Lipinski definition) is 4. The van der Waals surface area contributed by atoms with Gasteiger partial charge in [-0.2, -0.15) is 18.2 Å². The number of fused-ring (bicyclic) bond motifs is 1. The number of ether oxygens (including phenoxy) is 1. The molecule has 2 rings (SSSR count). The van der Waals surface area contributed by atoms with Gasteiger partial charge in [-0.25, -0.2) is 4.98 Å². The van der Waals surface area contributed by atoms with Crippen molar-refractivity contribution in [3.8, 4) is 5.88 Å². The molecule has 0 aliphatic rings. The summed E-state index contributed by atoms with van der Waals surface area (Å²) in [6.07, 6.45) is -4.47. The third-order valence-electron chi connectivity index (χ3n) is 2.35. The van der Waals surface area contributed by atoms with Crippen LogP contribution >= 0.6 is 22.9 Å². The summed E-state index contributed by atoms with van der Waals surface area (Å²) in [5.41, 5.74) is 0. The zero-order valence-electron chi connectivity index (χ0n) is 9.92. The SMILES string of the molecule is CCc1cc2c(OCCC(F)(F)F)nc(Cl)nc2s1. The predicted molar refractivity (Wildman–Crippen MR) is 68.0 cm³/mol. The number of thiophene rings is 1. The number of aromatic nitrogens is 2. The van der Waals surface area contributed by atoms with Crippen molar-refractivity contribution in [3.63, 3.8) is 0 Å². The summed E-state index contributed by atoms with van der Waals surface area (Å²) in [6.45, 7) is 1.49. The molecule has 3 nitrogen and oxygen atoms in total. The molecule has 19 heavy (non-hydrogen) atoms. The Morgan fingerprint density at radius 2 is 2.11 bits per heavy atom. The van der Waals surface area contributed by atoms with Gasteiger partial charge >= 0.3 is 6.18 Å². The number of rotatable bonds is 4. The molecular formula is C11H10ClF3N2OS. The Kier molecular flexibility index (Phi) is 4.15. The fourth-order valence-corrected chi connectivity index (χ4v) is 2.64. The van der Waals surface area contributed by atoms with E-state index in [0.29, 0.717) is 10.2 Å². The number of alkyl halides is 3. The van der Waals surface area contributed by atoms with Gasteiger partial charge in [-0.05, 0) is 24.1 Å². The van der Waals surface area contributed by atoms with Gasteiger partial charge in [0.25, 0.3) is 0 Å². The maximum Gasteiger partial charge on any atom is 0.392 e. The lowest BCUT2D eigenvalue weighted by atomic mass is 10.3. The van der Waals surface area contributed by atoms with Crippen molar-refractivity contribution in [2.75, 3.05) is 6.61 Å². The van der Waals surface area contributed by atoms with E-state index < -0.39 is 19.2 Å². The van der Waals surface area contributed by atoms with Crippen LogP contribution in [0.1, 0.15) is 18.2 Å². The minimum Gasteiger partial charge on any atom is -0.477 e.